The van der Waals surface area contributed by atoms with E-state index in [2.05, 4.69) is 21.1 Å². The van der Waals surface area contributed by atoms with Gasteiger partial charge < -0.3 is 14.2 Å². The lowest BCUT2D eigenvalue weighted by Crippen LogP contribution is -2.51. The second kappa shape index (κ2) is 9.62. The van der Waals surface area contributed by atoms with Gasteiger partial charge in [0.15, 0.2) is 6.10 Å². The quantitative estimate of drug-likeness (QED) is 0.592. The number of amides is 1. The molecule has 4 rings (SSSR count). The summed E-state index contributed by atoms with van der Waals surface area (Å²) in [6, 6.07) is 16.8. The number of hydrogen-bond donors (Lipinski definition) is 0. The van der Waals surface area contributed by atoms with Crippen LogP contribution >= 0.6 is 0 Å². The van der Waals surface area contributed by atoms with Crippen molar-refractivity contribution in [3.05, 3.63) is 65.5 Å². The maximum absolute atomic E-state index is 12.8. The fraction of sp³-hybridized carbons (Fsp3) is 0.333. The molecule has 1 aliphatic heterocycles. The Bertz CT molecular complexity index is 1130. The first-order valence-electron chi connectivity index (χ1n) is 10.6. The number of carbonyl (C=O) groups is 1. The van der Waals surface area contributed by atoms with Crippen LogP contribution in [0.15, 0.2) is 53.1 Å². The van der Waals surface area contributed by atoms with Crippen molar-refractivity contribution in [1.29, 1.82) is 5.26 Å². The lowest BCUT2D eigenvalue weighted by atomic mass is 10.1. The van der Waals surface area contributed by atoms with E-state index >= 15 is 0 Å². The van der Waals surface area contributed by atoms with Crippen molar-refractivity contribution < 1.29 is 14.1 Å². The highest BCUT2D eigenvalue weighted by molar-refractivity contribution is 5.81. The van der Waals surface area contributed by atoms with Gasteiger partial charge in [-0.15, -0.1) is 0 Å². The van der Waals surface area contributed by atoms with Gasteiger partial charge in [0, 0.05) is 31.7 Å². The van der Waals surface area contributed by atoms with Crippen LogP contribution in [-0.4, -0.2) is 58.1 Å². The number of aromatic nitrogens is 2. The molecule has 0 saturated carbocycles. The molecule has 1 amide bonds. The average molecular weight is 431 g/mol. The summed E-state index contributed by atoms with van der Waals surface area (Å²) in [6.45, 7) is 6.93. The Morgan fingerprint density at radius 1 is 1.19 bits per heavy atom. The van der Waals surface area contributed by atoms with Crippen molar-refractivity contribution in [2.75, 3.05) is 26.2 Å². The van der Waals surface area contributed by atoms with Crippen molar-refractivity contribution in [2.24, 2.45) is 0 Å². The highest BCUT2D eigenvalue weighted by Gasteiger charge is 2.27. The Balaban J connectivity index is 1.29. The molecule has 2 heterocycles. The van der Waals surface area contributed by atoms with Gasteiger partial charge >= 0.3 is 0 Å². The fourth-order valence-corrected chi connectivity index (χ4v) is 3.72. The van der Waals surface area contributed by atoms with Crippen molar-refractivity contribution >= 4 is 5.91 Å². The van der Waals surface area contributed by atoms with Crippen molar-refractivity contribution in [3.63, 3.8) is 0 Å². The number of carbonyl (C=O) groups excluding carboxylic acids is 1. The van der Waals surface area contributed by atoms with Crippen LogP contribution in [0.2, 0.25) is 0 Å². The van der Waals surface area contributed by atoms with Gasteiger partial charge in [0.25, 0.3) is 5.91 Å². The van der Waals surface area contributed by atoms with E-state index < -0.39 is 6.10 Å². The summed E-state index contributed by atoms with van der Waals surface area (Å²) >= 11 is 0. The maximum atomic E-state index is 12.8. The molecule has 3 aromatic rings. The predicted octanol–water partition coefficient (Wildman–Crippen LogP) is 3.03. The van der Waals surface area contributed by atoms with Crippen LogP contribution in [0.1, 0.15) is 23.9 Å². The van der Waals surface area contributed by atoms with Gasteiger partial charge in [-0.05, 0) is 37.6 Å². The molecule has 1 aliphatic rings. The van der Waals surface area contributed by atoms with Gasteiger partial charge in [-0.2, -0.15) is 10.2 Å². The van der Waals surface area contributed by atoms with E-state index in [0.717, 1.165) is 11.1 Å². The van der Waals surface area contributed by atoms with Crippen molar-refractivity contribution in [1.82, 2.24) is 19.9 Å². The predicted molar refractivity (Wildman–Crippen MR) is 118 cm³/mol. The number of hydrogen-bond acceptors (Lipinski definition) is 7. The molecule has 0 aliphatic carbocycles. The second-order valence-electron chi connectivity index (χ2n) is 7.83. The molecule has 32 heavy (non-hydrogen) atoms. The standard InChI is InChI=1S/C24H25N5O3/c1-17-6-3-4-9-21(17)23-26-22(32-27-23)16-28-10-12-29(13-11-28)24(30)18(2)31-20-8-5-7-19(14-20)15-25/h3-9,14,18H,10-13,16H2,1-2H3. The van der Waals surface area contributed by atoms with E-state index in [1.807, 2.05) is 36.1 Å². The van der Waals surface area contributed by atoms with Crippen LogP contribution in [0.5, 0.6) is 5.75 Å². The molecule has 0 N–H and O–H groups in total. The van der Waals surface area contributed by atoms with Gasteiger partial charge in [-0.25, -0.2) is 0 Å². The minimum absolute atomic E-state index is 0.0633. The van der Waals surface area contributed by atoms with Crippen LogP contribution in [0.3, 0.4) is 0 Å². The first-order chi connectivity index (χ1) is 15.5. The Labute approximate surface area is 187 Å². The van der Waals surface area contributed by atoms with E-state index in [1.54, 1.807) is 31.2 Å². The summed E-state index contributed by atoms with van der Waals surface area (Å²) in [5, 5.41) is 13.1. The fourth-order valence-electron chi connectivity index (χ4n) is 3.72. The minimum Gasteiger partial charge on any atom is -0.481 e. The van der Waals surface area contributed by atoms with Gasteiger partial charge in [-0.1, -0.05) is 35.5 Å². The average Bonchev–Trinajstić information content (AvgIpc) is 3.27. The Morgan fingerprint density at radius 3 is 2.72 bits per heavy atom. The zero-order valence-corrected chi connectivity index (χ0v) is 18.2. The molecule has 8 nitrogen and oxygen atoms in total. The Morgan fingerprint density at radius 2 is 1.97 bits per heavy atom. The lowest BCUT2D eigenvalue weighted by Gasteiger charge is -2.35. The van der Waals surface area contributed by atoms with Gasteiger partial charge in [0.1, 0.15) is 5.75 Å². The molecule has 1 fully saturated rings. The SMILES string of the molecule is Cc1ccccc1-c1noc(CN2CCN(C(=O)C(C)Oc3cccc(C#N)c3)CC2)n1. The summed E-state index contributed by atoms with van der Waals surface area (Å²) in [6.07, 6.45) is -0.622. The molecule has 1 unspecified atom stereocenters. The van der Waals surface area contributed by atoms with E-state index in [1.165, 1.54) is 0 Å². The first kappa shape index (κ1) is 21.5. The molecule has 0 bridgehead atoms. The van der Waals surface area contributed by atoms with E-state index in [9.17, 15) is 4.79 Å². The highest BCUT2D eigenvalue weighted by atomic mass is 16.5. The molecule has 1 saturated heterocycles. The molecule has 1 aromatic heterocycles. The number of benzene rings is 2. The first-order valence-corrected chi connectivity index (χ1v) is 10.6. The van der Waals surface area contributed by atoms with Crippen molar-refractivity contribution in [2.45, 2.75) is 26.5 Å². The topological polar surface area (TPSA) is 95.5 Å². The van der Waals surface area contributed by atoms with Crippen LogP contribution in [0.25, 0.3) is 11.4 Å². The summed E-state index contributed by atoms with van der Waals surface area (Å²) in [4.78, 5) is 21.3. The largest absolute Gasteiger partial charge is 0.481 e. The molecule has 0 spiro atoms. The van der Waals surface area contributed by atoms with E-state index in [0.29, 0.717) is 55.8 Å². The monoisotopic (exact) mass is 431 g/mol. The Kier molecular flexibility index (Phi) is 6.47. The normalized spacial score (nSPS) is 15.2. The number of rotatable bonds is 6. The molecular formula is C24H25N5O3. The number of aryl methyl sites for hydroxylation is 1. The second-order valence-corrected chi connectivity index (χ2v) is 7.83. The summed E-state index contributed by atoms with van der Waals surface area (Å²) in [5.41, 5.74) is 2.57. The highest BCUT2D eigenvalue weighted by Crippen LogP contribution is 2.21. The van der Waals surface area contributed by atoms with Crippen LogP contribution in [0.4, 0.5) is 0 Å². The van der Waals surface area contributed by atoms with Crippen LogP contribution in [0, 0.1) is 18.3 Å². The summed E-state index contributed by atoms with van der Waals surface area (Å²) in [7, 11) is 0. The summed E-state index contributed by atoms with van der Waals surface area (Å²) in [5.74, 6) is 1.62. The molecule has 1 atom stereocenters. The smallest absolute Gasteiger partial charge is 0.263 e. The molecule has 0 radical (unpaired) electrons. The maximum Gasteiger partial charge on any atom is 0.263 e. The van der Waals surface area contributed by atoms with Gasteiger partial charge in [0.05, 0.1) is 18.2 Å². The molecule has 2 aromatic carbocycles. The molecular weight excluding hydrogens is 406 g/mol. The van der Waals surface area contributed by atoms with Gasteiger partial charge in [0.2, 0.25) is 11.7 Å². The van der Waals surface area contributed by atoms with Crippen molar-refractivity contribution in [3.8, 4) is 23.2 Å². The minimum atomic E-state index is -0.622. The van der Waals surface area contributed by atoms with E-state index in [4.69, 9.17) is 14.5 Å². The van der Waals surface area contributed by atoms with Gasteiger partial charge in [-0.3, -0.25) is 9.69 Å². The third kappa shape index (κ3) is 4.95. The van der Waals surface area contributed by atoms with Crippen LogP contribution in [-0.2, 0) is 11.3 Å². The third-order valence-electron chi connectivity index (χ3n) is 5.52. The van der Waals surface area contributed by atoms with Crippen LogP contribution < -0.4 is 4.74 Å². The number of piperazine rings is 1. The number of nitrogens with zero attached hydrogens (tertiary/aromatic N) is 5. The Hall–Kier alpha value is -3.70. The number of ether oxygens (including phenoxy) is 1. The zero-order chi connectivity index (χ0) is 22.5. The zero-order valence-electron chi connectivity index (χ0n) is 18.2. The third-order valence-corrected chi connectivity index (χ3v) is 5.52. The lowest BCUT2D eigenvalue weighted by molar-refractivity contribution is -0.139. The molecule has 8 heteroatoms. The van der Waals surface area contributed by atoms with E-state index in [-0.39, 0.29) is 5.91 Å². The number of nitriles is 1. The summed E-state index contributed by atoms with van der Waals surface area (Å²) < 4.78 is 11.2. The molecule has 164 valence electrons.